The number of halogens is 1. The van der Waals surface area contributed by atoms with E-state index in [2.05, 4.69) is 0 Å². The molecular formula is C12H28BrNO4. The Kier molecular flexibility index (Phi) is 10.6. The van der Waals surface area contributed by atoms with Gasteiger partial charge < -0.3 is 17.0 Å². The third-order valence-electron chi connectivity index (χ3n) is 1.36. The van der Waals surface area contributed by atoms with Crippen molar-refractivity contribution in [1.29, 1.82) is 0 Å². The number of rotatable bonds is 8. The molecule has 0 unspecified atom stereocenters. The first-order chi connectivity index (χ1) is 7.67. The molecule has 0 saturated heterocycles. The maximum Gasteiger partial charge on any atom is 0.248 e. The fourth-order valence-electron chi connectivity index (χ4n) is 1.18. The zero-order chi connectivity index (χ0) is 13.6. The van der Waals surface area contributed by atoms with E-state index in [1.165, 1.54) is 0 Å². The van der Waals surface area contributed by atoms with Crippen LogP contribution >= 0.6 is 0 Å². The van der Waals surface area contributed by atoms with Crippen molar-refractivity contribution in [2.24, 2.45) is 0 Å². The average Bonchev–Trinajstić information content (AvgIpc) is 1.95. The first-order valence-electron chi connectivity index (χ1n) is 6.29. The van der Waals surface area contributed by atoms with Gasteiger partial charge in [-0.25, -0.2) is 0 Å². The minimum atomic E-state index is -0.676. The van der Waals surface area contributed by atoms with Gasteiger partial charge in [0.05, 0.1) is 0 Å². The zero-order valence-electron chi connectivity index (χ0n) is 12.8. The van der Waals surface area contributed by atoms with E-state index >= 15 is 0 Å². The molecule has 0 aromatic rings. The van der Waals surface area contributed by atoms with E-state index in [1.54, 1.807) is 0 Å². The number of hydrogen-bond donors (Lipinski definition) is 0. The van der Waals surface area contributed by atoms with Gasteiger partial charge >= 0.3 is 0 Å². The lowest BCUT2D eigenvalue weighted by molar-refractivity contribution is -1.48. The molecule has 5 nitrogen and oxygen atoms in total. The summed E-state index contributed by atoms with van der Waals surface area (Å²) in [5, 5.41) is -0.676. The molecule has 6 heteroatoms. The smallest absolute Gasteiger partial charge is 0.248 e. The van der Waals surface area contributed by atoms with E-state index in [0.29, 0.717) is 0 Å². The second-order valence-electron chi connectivity index (χ2n) is 5.06. The summed E-state index contributed by atoms with van der Waals surface area (Å²) in [4.78, 5) is 22.6. The predicted molar refractivity (Wildman–Crippen MR) is 65.1 cm³/mol. The van der Waals surface area contributed by atoms with Crippen molar-refractivity contribution in [3.63, 3.8) is 0 Å². The third kappa shape index (κ3) is 9.24. The van der Waals surface area contributed by atoms with Crippen LogP contribution in [0.4, 0.5) is 0 Å². The minimum absolute atomic E-state index is 0. The maximum absolute atomic E-state index is 5.64. The summed E-state index contributed by atoms with van der Waals surface area (Å²) in [7, 11) is 0. The Morgan fingerprint density at radius 3 is 0.778 bits per heavy atom. The predicted octanol–water partition coefficient (Wildman–Crippen LogP) is 0.167. The zero-order valence-corrected chi connectivity index (χ0v) is 14.4. The van der Waals surface area contributed by atoms with Crippen LogP contribution in [0.25, 0.3) is 0 Å². The standard InChI is InChI=1S/C12H28NO4.BrH/c1-9(2)14-13(15-10(3)4,16-11(5)6)17-12(7)8;/h9-12H,1-8H3;1H/q+1;/p-1. The highest BCUT2D eigenvalue weighted by atomic mass is 79.9. The van der Waals surface area contributed by atoms with Crippen LogP contribution in [0, 0.1) is 0 Å². The molecule has 0 spiro atoms. The summed E-state index contributed by atoms with van der Waals surface area (Å²) in [5.74, 6) is 0. The second-order valence-corrected chi connectivity index (χ2v) is 5.06. The first kappa shape index (κ1) is 20.6. The lowest BCUT2D eigenvalue weighted by Crippen LogP contribution is -3.00. The van der Waals surface area contributed by atoms with Crippen molar-refractivity contribution in [1.82, 2.24) is 0 Å². The number of quaternary nitrogens is 1. The van der Waals surface area contributed by atoms with Crippen molar-refractivity contribution >= 4 is 0 Å². The quantitative estimate of drug-likeness (QED) is 0.470. The molecule has 0 heterocycles. The Morgan fingerprint density at radius 2 is 0.667 bits per heavy atom. The second kappa shape index (κ2) is 9.23. The molecule has 0 amide bonds. The first-order valence-corrected chi connectivity index (χ1v) is 6.29. The number of hydrogen-bond acceptors (Lipinski definition) is 4. The summed E-state index contributed by atoms with van der Waals surface area (Å²) in [6, 6.07) is 0. The summed E-state index contributed by atoms with van der Waals surface area (Å²) in [5.41, 5.74) is 0. The van der Waals surface area contributed by atoms with Crippen molar-refractivity contribution in [3.8, 4) is 0 Å². The summed E-state index contributed by atoms with van der Waals surface area (Å²) in [6.07, 6.45) is -0.310. The SMILES string of the molecule is CC(C)O[N+](OC(C)C)(OC(C)C)OC(C)C.[Br-]. The molecule has 0 bridgehead atoms. The molecule has 0 aromatic carbocycles. The Bertz CT molecular complexity index is 165. The van der Waals surface area contributed by atoms with E-state index in [0.717, 1.165) is 0 Å². The molecule has 0 atom stereocenters. The Balaban J connectivity index is 0. The largest absolute Gasteiger partial charge is 1.00 e. The van der Waals surface area contributed by atoms with Gasteiger partial charge in [0.2, 0.25) is 5.14 Å². The summed E-state index contributed by atoms with van der Waals surface area (Å²) in [6.45, 7) is 15.3. The molecule has 0 aliphatic carbocycles. The fourth-order valence-corrected chi connectivity index (χ4v) is 1.18. The Labute approximate surface area is 122 Å². The lowest BCUT2D eigenvalue weighted by atomic mass is 10.5. The summed E-state index contributed by atoms with van der Waals surface area (Å²) >= 11 is 0. The van der Waals surface area contributed by atoms with Gasteiger partial charge in [-0.2, -0.15) is 0 Å². The minimum Gasteiger partial charge on any atom is -1.00 e. The highest BCUT2D eigenvalue weighted by molar-refractivity contribution is 4.31. The molecule has 0 saturated carbocycles. The van der Waals surface area contributed by atoms with Gasteiger partial charge in [-0.05, 0) is 55.4 Å². The maximum atomic E-state index is 5.64. The van der Waals surface area contributed by atoms with E-state index in [1.807, 2.05) is 55.4 Å². The van der Waals surface area contributed by atoms with Gasteiger partial charge in [0, 0.05) is 0 Å². The molecule has 0 N–H and O–H groups in total. The van der Waals surface area contributed by atoms with Crippen molar-refractivity contribution in [3.05, 3.63) is 0 Å². The highest BCUT2D eigenvalue weighted by Crippen LogP contribution is 2.21. The van der Waals surface area contributed by atoms with Crippen LogP contribution in [0.15, 0.2) is 0 Å². The van der Waals surface area contributed by atoms with Gasteiger partial charge in [0.15, 0.2) is 0 Å². The van der Waals surface area contributed by atoms with Crippen molar-refractivity contribution in [2.75, 3.05) is 0 Å². The van der Waals surface area contributed by atoms with Crippen LogP contribution in [0.5, 0.6) is 0 Å². The molecule has 0 aliphatic heterocycles. The van der Waals surface area contributed by atoms with E-state index in [9.17, 15) is 0 Å². The van der Waals surface area contributed by atoms with Crippen LogP contribution in [0.3, 0.4) is 0 Å². The molecule has 0 radical (unpaired) electrons. The molecule has 112 valence electrons. The van der Waals surface area contributed by atoms with Gasteiger partial charge in [0.1, 0.15) is 24.4 Å². The van der Waals surface area contributed by atoms with Gasteiger partial charge in [-0.15, -0.1) is 0 Å². The third-order valence-corrected chi connectivity index (χ3v) is 1.36. The number of nitrogens with zero attached hydrogens (tertiary/aromatic N) is 1. The van der Waals surface area contributed by atoms with Crippen LogP contribution in [0.2, 0.25) is 0 Å². The van der Waals surface area contributed by atoms with E-state index in [-0.39, 0.29) is 41.4 Å². The van der Waals surface area contributed by atoms with E-state index < -0.39 is 5.14 Å². The van der Waals surface area contributed by atoms with Crippen LogP contribution in [-0.2, 0) is 19.4 Å². The van der Waals surface area contributed by atoms with Gasteiger partial charge in [0.25, 0.3) is 0 Å². The van der Waals surface area contributed by atoms with Crippen LogP contribution < -0.4 is 17.0 Å². The van der Waals surface area contributed by atoms with Gasteiger partial charge in [-0.3, -0.25) is 0 Å². The average molecular weight is 330 g/mol. The topological polar surface area (TPSA) is 36.9 Å². The normalized spacial score (nSPS) is 12.7. The fraction of sp³-hybridized carbons (Fsp3) is 1.00. The molecule has 0 aliphatic rings. The molecule has 18 heavy (non-hydrogen) atoms. The van der Waals surface area contributed by atoms with E-state index in [4.69, 9.17) is 19.4 Å². The van der Waals surface area contributed by atoms with Crippen molar-refractivity contribution in [2.45, 2.75) is 79.8 Å². The Morgan fingerprint density at radius 1 is 0.500 bits per heavy atom. The Hall–Kier alpha value is 0.280. The van der Waals surface area contributed by atoms with Crippen LogP contribution in [-0.4, -0.2) is 29.6 Å². The molecule has 0 aromatic heterocycles. The monoisotopic (exact) mass is 329 g/mol. The van der Waals surface area contributed by atoms with Crippen molar-refractivity contribution < 1.29 is 41.5 Å². The highest BCUT2D eigenvalue weighted by Gasteiger charge is 2.43. The van der Waals surface area contributed by atoms with Gasteiger partial charge in [-0.1, -0.05) is 19.4 Å². The van der Waals surface area contributed by atoms with Crippen LogP contribution in [0.1, 0.15) is 55.4 Å². The molecule has 0 rings (SSSR count). The summed E-state index contributed by atoms with van der Waals surface area (Å²) < 4.78 is 0. The lowest BCUT2D eigenvalue weighted by Gasteiger charge is -2.30. The molecular weight excluding hydrogens is 302 g/mol. The molecule has 0 fully saturated rings.